The molecule has 8 nitrogen and oxygen atoms in total. The predicted octanol–water partition coefficient (Wildman–Crippen LogP) is 4.39. The van der Waals surface area contributed by atoms with Crippen LogP contribution in [0.25, 0.3) is 21.3 Å². The maximum absolute atomic E-state index is 13.4. The number of fused-ring (bicyclic) bond motifs is 1. The summed E-state index contributed by atoms with van der Waals surface area (Å²) >= 11 is 1.36. The number of amides is 1. The quantitative estimate of drug-likeness (QED) is 0.391. The average molecular weight is 541 g/mol. The van der Waals surface area contributed by atoms with Crippen molar-refractivity contribution in [2.75, 3.05) is 18.4 Å². The minimum atomic E-state index is -3.56. The van der Waals surface area contributed by atoms with Crippen molar-refractivity contribution in [2.24, 2.45) is 0 Å². The molecule has 1 amide bonds. The Bertz CT molecular complexity index is 1620. The van der Waals surface area contributed by atoms with Crippen molar-refractivity contribution in [1.29, 1.82) is 0 Å². The van der Waals surface area contributed by atoms with Crippen LogP contribution in [0.4, 0.5) is 10.1 Å². The number of piperidine rings is 1. The van der Waals surface area contributed by atoms with Crippen LogP contribution in [-0.2, 0) is 21.4 Å². The van der Waals surface area contributed by atoms with Crippen LogP contribution in [-0.4, -0.2) is 41.3 Å². The molecule has 1 aliphatic heterocycles. The Morgan fingerprint density at radius 3 is 2.41 bits per heavy atom. The van der Waals surface area contributed by atoms with Crippen LogP contribution in [0.5, 0.6) is 0 Å². The number of carbonyl (C=O) groups excluding carboxylic acids is 1. The molecule has 1 aliphatic rings. The van der Waals surface area contributed by atoms with Gasteiger partial charge in [-0.25, -0.2) is 17.8 Å². The Balaban J connectivity index is 1.35. The molecule has 0 bridgehead atoms. The highest BCUT2D eigenvalue weighted by Gasteiger charge is 2.25. The molecule has 0 unspecified atom stereocenters. The second-order valence-electron chi connectivity index (χ2n) is 8.94. The summed E-state index contributed by atoms with van der Waals surface area (Å²) in [5.41, 5.74) is 1.43. The number of thiophene rings is 1. The summed E-state index contributed by atoms with van der Waals surface area (Å²) in [6.45, 7) is 2.63. The normalized spacial score (nSPS) is 14.6. The van der Waals surface area contributed by atoms with E-state index in [0.29, 0.717) is 40.1 Å². The SMILES string of the molecule is Cc1sc2ncn(CC(=O)Nc3ccc(S(=O)(=O)N4CCCCC4)cc3)c(=O)c2c1-c1ccc(F)cc1. The lowest BCUT2D eigenvalue weighted by Crippen LogP contribution is -2.35. The molecule has 2 aromatic heterocycles. The van der Waals surface area contributed by atoms with Gasteiger partial charge in [-0.15, -0.1) is 11.3 Å². The number of hydrogen-bond acceptors (Lipinski definition) is 6. The molecule has 11 heteroatoms. The van der Waals surface area contributed by atoms with Crippen molar-refractivity contribution >= 4 is 43.2 Å². The fourth-order valence-corrected chi connectivity index (χ4v) is 7.05. The number of aryl methyl sites for hydroxylation is 1. The minimum Gasteiger partial charge on any atom is -0.325 e. The molecule has 1 N–H and O–H groups in total. The van der Waals surface area contributed by atoms with Gasteiger partial charge >= 0.3 is 0 Å². The smallest absolute Gasteiger partial charge is 0.263 e. The second kappa shape index (κ2) is 10.2. The number of sulfonamides is 1. The molecule has 5 rings (SSSR count). The van der Waals surface area contributed by atoms with E-state index in [1.54, 1.807) is 12.1 Å². The van der Waals surface area contributed by atoms with E-state index in [0.717, 1.165) is 24.1 Å². The molecule has 0 spiro atoms. The van der Waals surface area contributed by atoms with Crippen LogP contribution >= 0.6 is 11.3 Å². The maximum atomic E-state index is 13.4. The van der Waals surface area contributed by atoms with Crippen LogP contribution in [0.15, 0.2) is 64.5 Å². The van der Waals surface area contributed by atoms with Crippen LogP contribution in [0, 0.1) is 12.7 Å². The number of nitrogens with one attached hydrogen (secondary N) is 1. The zero-order valence-corrected chi connectivity index (χ0v) is 21.7. The summed E-state index contributed by atoms with van der Waals surface area (Å²) < 4.78 is 41.8. The van der Waals surface area contributed by atoms with Gasteiger partial charge in [-0.3, -0.25) is 14.2 Å². The molecule has 4 aromatic rings. The van der Waals surface area contributed by atoms with E-state index in [2.05, 4.69) is 10.3 Å². The summed E-state index contributed by atoms with van der Waals surface area (Å²) in [5.74, 6) is -0.824. The third-order valence-corrected chi connectivity index (χ3v) is 9.32. The second-order valence-corrected chi connectivity index (χ2v) is 12.1. The first kappa shape index (κ1) is 25.2. The third kappa shape index (κ3) is 5.07. The highest BCUT2D eigenvalue weighted by Crippen LogP contribution is 2.35. The lowest BCUT2D eigenvalue weighted by atomic mass is 10.0. The van der Waals surface area contributed by atoms with Gasteiger partial charge in [0.1, 0.15) is 17.2 Å². The van der Waals surface area contributed by atoms with Gasteiger partial charge in [-0.1, -0.05) is 18.6 Å². The molecule has 0 aliphatic carbocycles. The summed E-state index contributed by atoms with van der Waals surface area (Å²) in [7, 11) is -3.56. The highest BCUT2D eigenvalue weighted by molar-refractivity contribution is 7.89. The standard InChI is InChI=1S/C26H25FN4O4S2/c1-17-23(18-5-7-19(27)8-6-18)24-25(36-17)28-16-30(26(24)33)15-22(32)29-20-9-11-21(12-10-20)37(34,35)31-13-3-2-4-14-31/h5-12,16H,2-4,13-15H2,1H3,(H,29,32). The van der Waals surface area contributed by atoms with E-state index < -0.39 is 15.9 Å². The summed E-state index contributed by atoms with van der Waals surface area (Å²) in [4.78, 5) is 32.0. The number of aromatic nitrogens is 2. The number of nitrogens with zero attached hydrogens (tertiary/aromatic N) is 3. The van der Waals surface area contributed by atoms with E-state index >= 15 is 0 Å². The van der Waals surface area contributed by atoms with Gasteiger partial charge in [0.15, 0.2) is 0 Å². The molecule has 2 aromatic carbocycles. The van der Waals surface area contributed by atoms with Crippen LogP contribution < -0.4 is 10.9 Å². The van der Waals surface area contributed by atoms with E-state index in [-0.39, 0.29) is 22.8 Å². The van der Waals surface area contributed by atoms with Crippen LogP contribution in [0.3, 0.4) is 0 Å². The van der Waals surface area contributed by atoms with Crippen molar-refractivity contribution in [3.63, 3.8) is 0 Å². The van der Waals surface area contributed by atoms with Crippen molar-refractivity contribution in [1.82, 2.24) is 13.9 Å². The molecule has 1 fully saturated rings. The first-order chi connectivity index (χ1) is 17.7. The Kier molecular flexibility index (Phi) is 6.93. The maximum Gasteiger partial charge on any atom is 0.263 e. The van der Waals surface area contributed by atoms with E-state index in [1.807, 2.05) is 6.92 Å². The molecule has 0 saturated carbocycles. The fourth-order valence-electron chi connectivity index (χ4n) is 4.53. The minimum absolute atomic E-state index is 0.180. The fraction of sp³-hybridized carbons (Fsp3) is 0.269. The number of halogens is 1. The van der Waals surface area contributed by atoms with Gasteiger partial charge in [0, 0.05) is 29.2 Å². The van der Waals surface area contributed by atoms with Crippen molar-refractivity contribution in [2.45, 2.75) is 37.6 Å². The van der Waals surface area contributed by atoms with Crippen LogP contribution in [0.2, 0.25) is 0 Å². The lowest BCUT2D eigenvalue weighted by molar-refractivity contribution is -0.116. The zero-order valence-electron chi connectivity index (χ0n) is 20.1. The Morgan fingerprint density at radius 1 is 1.05 bits per heavy atom. The largest absolute Gasteiger partial charge is 0.325 e. The lowest BCUT2D eigenvalue weighted by Gasteiger charge is -2.25. The number of carbonyl (C=O) groups is 1. The number of hydrogen-bond donors (Lipinski definition) is 1. The Hall–Kier alpha value is -3.41. The molecule has 1 saturated heterocycles. The van der Waals surface area contributed by atoms with Gasteiger partial charge in [0.05, 0.1) is 16.6 Å². The van der Waals surface area contributed by atoms with Gasteiger partial charge in [0.2, 0.25) is 15.9 Å². The van der Waals surface area contributed by atoms with Crippen molar-refractivity contribution < 1.29 is 17.6 Å². The molecular formula is C26H25FN4O4S2. The van der Waals surface area contributed by atoms with Gasteiger partial charge < -0.3 is 5.32 Å². The monoisotopic (exact) mass is 540 g/mol. The molecule has 3 heterocycles. The van der Waals surface area contributed by atoms with Gasteiger partial charge in [0.25, 0.3) is 5.56 Å². The average Bonchev–Trinajstić information content (AvgIpc) is 3.23. The molecular weight excluding hydrogens is 515 g/mol. The van der Waals surface area contributed by atoms with Crippen LogP contribution in [0.1, 0.15) is 24.1 Å². The topological polar surface area (TPSA) is 101 Å². The molecule has 0 atom stereocenters. The Morgan fingerprint density at radius 2 is 1.73 bits per heavy atom. The van der Waals surface area contributed by atoms with Crippen molar-refractivity contribution in [3.05, 3.63) is 75.9 Å². The number of anilines is 1. The van der Waals surface area contributed by atoms with Crippen molar-refractivity contribution in [3.8, 4) is 11.1 Å². The summed E-state index contributed by atoms with van der Waals surface area (Å²) in [6.07, 6.45) is 4.07. The van der Waals surface area contributed by atoms with E-state index in [9.17, 15) is 22.4 Å². The van der Waals surface area contributed by atoms with E-state index in [4.69, 9.17) is 0 Å². The third-order valence-electron chi connectivity index (χ3n) is 6.39. The molecule has 37 heavy (non-hydrogen) atoms. The summed E-state index contributed by atoms with van der Waals surface area (Å²) in [6, 6.07) is 11.9. The first-order valence-electron chi connectivity index (χ1n) is 11.9. The molecule has 0 radical (unpaired) electrons. The van der Waals surface area contributed by atoms with Gasteiger partial charge in [-0.2, -0.15) is 4.31 Å². The van der Waals surface area contributed by atoms with Gasteiger partial charge in [-0.05, 0) is 61.7 Å². The predicted molar refractivity (Wildman–Crippen MR) is 142 cm³/mol. The Labute approximate surface area is 217 Å². The highest BCUT2D eigenvalue weighted by atomic mass is 32.2. The summed E-state index contributed by atoms with van der Waals surface area (Å²) in [5, 5.41) is 3.09. The zero-order chi connectivity index (χ0) is 26.2. The number of rotatable bonds is 6. The molecule has 192 valence electrons. The first-order valence-corrected chi connectivity index (χ1v) is 14.1. The van der Waals surface area contributed by atoms with E-state index in [1.165, 1.54) is 62.9 Å². The number of benzene rings is 2.